The molecule has 1 aromatic carbocycles. The third-order valence-electron chi connectivity index (χ3n) is 2.69. The SMILES string of the molecule is CC(NC(=O)c1ccnc(Br)c1)c1cccc(Br)c1. The molecule has 1 N–H and O–H groups in total. The molecule has 1 aromatic heterocycles. The van der Waals surface area contributed by atoms with Crippen LogP contribution in [0.4, 0.5) is 0 Å². The number of benzene rings is 1. The molecule has 0 aliphatic heterocycles. The Morgan fingerprint density at radius 3 is 2.74 bits per heavy atom. The average Bonchev–Trinajstić information content (AvgIpc) is 2.38. The van der Waals surface area contributed by atoms with Gasteiger partial charge < -0.3 is 5.32 Å². The van der Waals surface area contributed by atoms with Crippen LogP contribution in [-0.4, -0.2) is 10.9 Å². The van der Waals surface area contributed by atoms with Gasteiger partial charge in [-0.1, -0.05) is 28.1 Å². The number of pyridine rings is 1. The number of amides is 1. The van der Waals surface area contributed by atoms with E-state index in [1.54, 1.807) is 18.3 Å². The third-order valence-corrected chi connectivity index (χ3v) is 3.61. The van der Waals surface area contributed by atoms with E-state index in [1.165, 1.54) is 0 Å². The quantitative estimate of drug-likeness (QED) is 0.810. The van der Waals surface area contributed by atoms with Crippen molar-refractivity contribution < 1.29 is 4.79 Å². The minimum absolute atomic E-state index is 0.0584. The summed E-state index contributed by atoms with van der Waals surface area (Å²) in [4.78, 5) is 16.1. The molecule has 2 aromatic rings. The zero-order valence-electron chi connectivity index (χ0n) is 10.2. The average molecular weight is 384 g/mol. The van der Waals surface area contributed by atoms with E-state index in [2.05, 4.69) is 42.2 Å². The predicted molar refractivity (Wildman–Crippen MR) is 82.0 cm³/mol. The van der Waals surface area contributed by atoms with Crippen LogP contribution in [0.5, 0.6) is 0 Å². The number of carbonyl (C=O) groups is 1. The predicted octanol–water partition coefficient (Wildman–Crippen LogP) is 4.10. The van der Waals surface area contributed by atoms with E-state index in [0.717, 1.165) is 10.0 Å². The second-order valence-corrected chi connectivity index (χ2v) is 5.85. The van der Waals surface area contributed by atoms with Crippen molar-refractivity contribution in [3.63, 3.8) is 0 Å². The maximum atomic E-state index is 12.1. The van der Waals surface area contributed by atoms with Crippen LogP contribution >= 0.6 is 31.9 Å². The smallest absolute Gasteiger partial charge is 0.251 e. The summed E-state index contributed by atoms with van der Waals surface area (Å²) < 4.78 is 1.65. The van der Waals surface area contributed by atoms with Gasteiger partial charge in [-0.05, 0) is 52.7 Å². The molecule has 98 valence electrons. The summed E-state index contributed by atoms with van der Waals surface area (Å²) in [5.74, 6) is -0.115. The fraction of sp³-hybridized carbons (Fsp3) is 0.143. The van der Waals surface area contributed by atoms with E-state index in [1.807, 2.05) is 31.2 Å². The van der Waals surface area contributed by atoms with Crippen LogP contribution < -0.4 is 5.32 Å². The molecular weight excluding hydrogens is 372 g/mol. The van der Waals surface area contributed by atoms with Gasteiger partial charge >= 0.3 is 0 Å². The second-order valence-electron chi connectivity index (χ2n) is 4.12. The molecule has 19 heavy (non-hydrogen) atoms. The molecule has 1 unspecified atom stereocenters. The first kappa shape index (κ1) is 14.2. The van der Waals surface area contributed by atoms with E-state index >= 15 is 0 Å². The Balaban J connectivity index is 2.11. The van der Waals surface area contributed by atoms with Gasteiger partial charge in [0.25, 0.3) is 5.91 Å². The molecule has 0 bridgehead atoms. The second kappa shape index (κ2) is 6.30. The minimum atomic E-state index is -0.115. The molecule has 0 saturated carbocycles. The Bertz CT molecular complexity index is 602. The molecule has 1 heterocycles. The Hall–Kier alpha value is -1.20. The van der Waals surface area contributed by atoms with Crippen LogP contribution in [0.1, 0.15) is 28.9 Å². The lowest BCUT2D eigenvalue weighted by molar-refractivity contribution is 0.0939. The Morgan fingerprint density at radius 2 is 2.05 bits per heavy atom. The van der Waals surface area contributed by atoms with E-state index in [9.17, 15) is 4.79 Å². The van der Waals surface area contributed by atoms with Gasteiger partial charge in [-0.25, -0.2) is 4.98 Å². The zero-order chi connectivity index (χ0) is 13.8. The van der Waals surface area contributed by atoms with Crippen LogP contribution in [0.2, 0.25) is 0 Å². The number of hydrogen-bond donors (Lipinski definition) is 1. The van der Waals surface area contributed by atoms with Crippen LogP contribution in [0.15, 0.2) is 51.7 Å². The van der Waals surface area contributed by atoms with E-state index < -0.39 is 0 Å². The monoisotopic (exact) mass is 382 g/mol. The van der Waals surface area contributed by atoms with E-state index in [4.69, 9.17) is 0 Å². The molecule has 2 rings (SSSR count). The molecule has 0 fully saturated rings. The normalized spacial score (nSPS) is 11.9. The lowest BCUT2D eigenvalue weighted by atomic mass is 10.1. The van der Waals surface area contributed by atoms with Gasteiger partial charge in [-0.3, -0.25) is 4.79 Å². The van der Waals surface area contributed by atoms with Gasteiger partial charge in [0, 0.05) is 16.2 Å². The van der Waals surface area contributed by atoms with Crippen molar-refractivity contribution in [1.29, 1.82) is 0 Å². The fourth-order valence-electron chi connectivity index (χ4n) is 1.68. The topological polar surface area (TPSA) is 42.0 Å². The van der Waals surface area contributed by atoms with E-state index in [0.29, 0.717) is 10.2 Å². The first-order valence-electron chi connectivity index (χ1n) is 5.74. The zero-order valence-corrected chi connectivity index (χ0v) is 13.4. The number of nitrogens with zero attached hydrogens (tertiary/aromatic N) is 1. The molecule has 1 atom stereocenters. The van der Waals surface area contributed by atoms with Gasteiger partial charge in [0.15, 0.2) is 0 Å². The van der Waals surface area contributed by atoms with Gasteiger partial charge in [0.1, 0.15) is 4.60 Å². The molecule has 5 heteroatoms. The molecule has 0 saturated heterocycles. The Morgan fingerprint density at radius 1 is 1.26 bits per heavy atom. The first-order chi connectivity index (χ1) is 9.06. The van der Waals surface area contributed by atoms with Crippen LogP contribution in [0.25, 0.3) is 0 Å². The summed E-state index contributed by atoms with van der Waals surface area (Å²) in [6.45, 7) is 1.95. The van der Waals surface area contributed by atoms with Crippen molar-refractivity contribution >= 4 is 37.8 Å². The number of nitrogens with one attached hydrogen (secondary N) is 1. The van der Waals surface area contributed by atoms with Gasteiger partial charge in [0.05, 0.1) is 6.04 Å². The highest BCUT2D eigenvalue weighted by atomic mass is 79.9. The van der Waals surface area contributed by atoms with Crippen molar-refractivity contribution in [3.05, 3.63) is 62.8 Å². The maximum absolute atomic E-state index is 12.1. The van der Waals surface area contributed by atoms with Crippen molar-refractivity contribution in [2.75, 3.05) is 0 Å². The van der Waals surface area contributed by atoms with Crippen LogP contribution in [-0.2, 0) is 0 Å². The standard InChI is InChI=1S/C14H12Br2N2O/c1-9(10-3-2-4-12(15)7-10)18-14(19)11-5-6-17-13(16)8-11/h2-9H,1H3,(H,18,19). The summed E-state index contributed by atoms with van der Waals surface area (Å²) in [5, 5.41) is 2.96. The van der Waals surface area contributed by atoms with Crippen LogP contribution in [0.3, 0.4) is 0 Å². The third kappa shape index (κ3) is 3.88. The largest absolute Gasteiger partial charge is 0.346 e. The summed E-state index contributed by atoms with van der Waals surface area (Å²) in [6.07, 6.45) is 1.60. The number of halogens is 2. The maximum Gasteiger partial charge on any atom is 0.251 e. The fourth-order valence-corrected chi connectivity index (χ4v) is 2.46. The minimum Gasteiger partial charge on any atom is -0.346 e. The van der Waals surface area contributed by atoms with Crippen molar-refractivity contribution in [2.45, 2.75) is 13.0 Å². The molecule has 1 amide bonds. The lowest BCUT2D eigenvalue weighted by Crippen LogP contribution is -2.26. The Labute approximate surface area is 128 Å². The molecule has 0 radical (unpaired) electrons. The van der Waals surface area contributed by atoms with Crippen molar-refractivity contribution in [2.24, 2.45) is 0 Å². The lowest BCUT2D eigenvalue weighted by Gasteiger charge is -2.14. The summed E-state index contributed by atoms with van der Waals surface area (Å²) >= 11 is 6.68. The van der Waals surface area contributed by atoms with Gasteiger partial charge in [0.2, 0.25) is 0 Å². The number of rotatable bonds is 3. The number of aromatic nitrogens is 1. The van der Waals surface area contributed by atoms with Crippen LogP contribution in [0, 0.1) is 0 Å². The molecule has 0 aliphatic rings. The highest BCUT2D eigenvalue weighted by Gasteiger charge is 2.12. The van der Waals surface area contributed by atoms with Gasteiger partial charge in [-0.2, -0.15) is 0 Å². The highest BCUT2D eigenvalue weighted by molar-refractivity contribution is 9.10. The highest BCUT2D eigenvalue weighted by Crippen LogP contribution is 2.18. The van der Waals surface area contributed by atoms with Crippen molar-refractivity contribution in [1.82, 2.24) is 10.3 Å². The molecule has 0 aliphatic carbocycles. The molecular formula is C14H12Br2N2O. The number of hydrogen-bond acceptors (Lipinski definition) is 2. The molecule has 0 spiro atoms. The summed E-state index contributed by atoms with van der Waals surface area (Å²) in [5.41, 5.74) is 1.64. The van der Waals surface area contributed by atoms with Crippen molar-refractivity contribution in [3.8, 4) is 0 Å². The Kier molecular flexibility index (Phi) is 4.71. The summed E-state index contributed by atoms with van der Waals surface area (Å²) in [7, 11) is 0. The first-order valence-corrected chi connectivity index (χ1v) is 7.33. The molecule has 3 nitrogen and oxygen atoms in total. The van der Waals surface area contributed by atoms with Gasteiger partial charge in [-0.15, -0.1) is 0 Å². The summed E-state index contributed by atoms with van der Waals surface area (Å²) in [6, 6.07) is 11.2. The number of carbonyl (C=O) groups excluding carboxylic acids is 1. The van der Waals surface area contributed by atoms with E-state index in [-0.39, 0.29) is 11.9 Å².